The van der Waals surface area contributed by atoms with Gasteiger partial charge in [-0.05, 0) is 42.9 Å². The molecule has 0 bridgehead atoms. The van der Waals surface area contributed by atoms with E-state index in [4.69, 9.17) is 5.84 Å². The number of hydrogen-bond donors (Lipinski definition) is 2. The Morgan fingerprint density at radius 2 is 2.12 bits per heavy atom. The Labute approximate surface area is 101 Å². The lowest BCUT2D eigenvalue weighted by molar-refractivity contribution is 0.473. The maximum absolute atomic E-state index is 5.64. The van der Waals surface area contributed by atoms with Crippen LogP contribution in [-0.4, -0.2) is 11.0 Å². The van der Waals surface area contributed by atoms with Gasteiger partial charge in [-0.15, -0.1) is 0 Å². The summed E-state index contributed by atoms with van der Waals surface area (Å²) in [6, 6.07) is 10.8. The molecule has 3 N–H and O–H groups in total. The van der Waals surface area contributed by atoms with Crippen molar-refractivity contribution in [3.05, 3.63) is 42.1 Å². The first-order chi connectivity index (χ1) is 8.38. The molecular weight excluding hydrogens is 210 g/mol. The molecule has 0 radical (unpaired) electrons. The number of aromatic nitrogens is 1. The standard InChI is InChI=1S/C14H17N3/c15-17-14(10-5-6-10)9-11-7-8-16-13-4-2-1-3-12(11)13/h1-4,7-8,10,14,17H,5-6,9,15H2. The van der Waals surface area contributed by atoms with Gasteiger partial charge >= 0.3 is 0 Å². The number of nitrogens with two attached hydrogens (primary N) is 1. The predicted octanol–water partition coefficient (Wildman–Crippen LogP) is 2.02. The molecular formula is C14H17N3. The van der Waals surface area contributed by atoms with Crippen molar-refractivity contribution in [1.29, 1.82) is 0 Å². The van der Waals surface area contributed by atoms with E-state index in [0.29, 0.717) is 6.04 Å². The Balaban J connectivity index is 1.93. The van der Waals surface area contributed by atoms with Gasteiger partial charge in [-0.25, -0.2) is 0 Å². The minimum absolute atomic E-state index is 0.404. The highest BCUT2D eigenvalue weighted by Crippen LogP contribution is 2.34. The maximum atomic E-state index is 5.64. The summed E-state index contributed by atoms with van der Waals surface area (Å²) in [7, 11) is 0. The topological polar surface area (TPSA) is 50.9 Å². The summed E-state index contributed by atoms with van der Waals surface area (Å²) in [5, 5.41) is 1.25. The fourth-order valence-electron chi connectivity index (χ4n) is 2.43. The largest absolute Gasteiger partial charge is 0.271 e. The molecule has 0 saturated heterocycles. The molecule has 17 heavy (non-hydrogen) atoms. The molecule has 1 fully saturated rings. The second-order valence-electron chi connectivity index (χ2n) is 4.80. The maximum Gasteiger partial charge on any atom is 0.0704 e. The summed E-state index contributed by atoms with van der Waals surface area (Å²) < 4.78 is 0. The van der Waals surface area contributed by atoms with Crippen LogP contribution in [-0.2, 0) is 6.42 Å². The minimum atomic E-state index is 0.404. The van der Waals surface area contributed by atoms with Gasteiger partial charge in [0.2, 0.25) is 0 Å². The third-order valence-electron chi connectivity index (χ3n) is 3.58. The van der Waals surface area contributed by atoms with E-state index in [1.54, 1.807) is 0 Å². The van der Waals surface area contributed by atoms with Gasteiger partial charge in [-0.1, -0.05) is 18.2 Å². The number of nitrogens with one attached hydrogen (secondary N) is 1. The summed E-state index contributed by atoms with van der Waals surface area (Å²) in [4.78, 5) is 4.38. The number of rotatable bonds is 4. The number of nitrogens with zero attached hydrogens (tertiary/aromatic N) is 1. The Morgan fingerprint density at radius 3 is 2.88 bits per heavy atom. The molecule has 1 aliphatic carbocycles. The van der Waals surface area contributed by atoms with Gasteiger partial charge in [-0.3, -0.25) is 16.3 Å². The second-order valence-corrected chi connectivity index (χ2v) is 4.80. The first-order valence-corrected chi connectivity index (χ1v) is 6.17. The third-order valence-corrected chi connectivity index (χ3v) is 3.58. The highest BCUT2D eigenvalue weighted by atomic mass is 15.2. The van der Waals surface area contributed by atoms with E-state index in [1.807, 2.05) is 12.3 Å². The first kappa shape index (κ1) is 10.7. The van der Waals surface area contributed by atoms with Crippen molar-refractivity contribution in [2.45, 2.75) is 25.3 Å². The second kappa shape index (κ2) is 4.43. The van der Waals surface area contributed by atoms with Crippen LogP contribution < -0.4 is 11.3 Å². The van der Waals surface area contributed by atoms with Crippen molar-refractivity contribution >= 4 is 10.9 Å². The Kier molecular flexibility index (Phi) is 2.79. The van der Waals surface area contributed by atoms with Crippen LogP contribution in [0.25, 0.3) is 10.9 Å². The number of para-hydroxylation sites is 1. The lowest BCUT2D eigenvalue weighted by Crippen LogP contribution is -2.38. The lowest BCUT2D eigenvalue weighted by Gasteiger charge is -2.16. The molecule has 1 atom stereocenters. The average Bonchev–Trinajstić information content (AvgIpc) is 3.20. The first-order valence-electron chi connectivity index (χ1n) is 6.17. The molecule has 1 saturated carbocycles. The van der Waals surface area contributed by atoms with Crippen molar-refractivity contribution in [3.63, 3.8) is 0 Å². The molecule has 3 nitrogen and oxygen atoms in total. The van der Waals surface area contributed by atoms with Crippen molar-refractivity contribution in [2.24, 2.45) is 11.8 Å². The van der Waals surface area contributed by atoms with E-state index in [2.05, 4.69) is 34.7 Å². The van der Waals surface area contributed by atoms with E-state index in [9.17, 15) is 0 Å². The molecule has 0 aliphatic heterocycles. The zero-order valence-electron chi connectivity index (χ0n) is 9.76. The molecule has 1 aliphatic rings. The Hall–Kier alpha value is -1.45. The van der Waals surface area contributed by atoms with Gasteiger partial charge in [-0.2, -0.15) is 0 Å². The van der Waals surface area contributed by atoms with Crippen LogP contribution in [0.1, 0.15) is 18.4 Å². The molecule has 1 aromatic carbocycles. The Morgan fingerprint density at radius 1 is 1.29 bits per heavy atom. The van der Waals surface area contributed by atoms with Crippen molar-refractivity contribution in [2.75, 3.05) is 0 Å². The molecule has 3 rings (SSSR count). The van der Waals surface area contributed by atoms with Crippen molar-refractivity contribution < 1.29 is 0 Å². The minimum Gasteiger partial charge on any atom is -0.271 e. The molecule has 0 spiro atoms. The van der Waals surface area contributed by atoms with E-state index in [1.165, 1.54) is 23.8 Å². The van der Waals surface area contributed by atoms with Crippen LogP contribution in [0.2, 0.25) is 0 Å². The Bertz CT molecular complexity index is 514. The van der Waals surface area contributed by atoms with Crippen LogP contribution in [0.4, 0.5) is 0 Å². The molecule has 2 aromatic rings. The molecule has 0 amide bonds. The van der Waals surface area contributed by atoms with E-state index in [-0.39, 0.29) is 0 Å². The van der Waals surface area contributed by atoms with Crippen LogP contribution in [0.15, 0.2) is 36.5 Å². The van der Waals surface area contributed by atoms with Crippen LogP contribution in [0.5, 0.6) is 0 Å². The summed E-state index contributed by atoms with van der Waals surface area (Å²) in [5.41, 5.74) is 5.36. The quantitative estimate of drug-likeness (QED) is 0.620. The van der Waals surface area contributed by atoms with Crippen molar-refractivity contribution in [1.82, 2.24) is 10.4 Å². The number of benzene rings is 1. The zero-order chi connectivity index (χ0) is 11.7. The van der Waals surface area contributed by atoms with E-state index < -0.39 is 0 Å². The van der Waals surface area contributed by atoms with Crippen LogP contribution in [0, 0.1) is 5.92 Å². The van der Waals surface area contributed by atoms with Gasteiger partial charge in [0, 0.05) is 17.6 Å². The smallest absolute Gasteiger partial charge is 0.0704 e. The van der Waals surface area contributed by atoms with Gasteiger partial charge in [0.25, 0.3) is 0 Å². The van der Waals surface area contributed by atoms with Crippen LogP contribution >= 0.6 is 0 Å². The van der Waals surface area contributed by atoms with Gasteiger partial charge in [0.1, 0.15) is 0 Å². The summed E-state index contributed by atoms with van der Waals surface area (Å²) >= 11 is 0. The molecule has 1 unspecified atom stereocenters. The predicted molar refractivity (Wildman–Crippen MR) is 69.3 cm³/mol. The normalized spacial score (nSPS) is 17.2. The SMILES string of the molecule is NNC(Cc1ccnc2ccccc12)C1CC1. The highest BCUT2D eigenvalue weighted by Gasteiger charge is 2.30. The van der Waals surface area contributed by atoms with E-state index >= 15 is 0 Å². The third kappa shape index (κ3) is 2.16. The number of pyridine rings is 1. The number of hydrazine groups is 1. The molecule has 88 valence electrons. The van der Waals surface area contributed by atoms with Gasteiger partial charge in [0.15, 0.2) is 0 Å². The summed E-state index contributed by atoms with van der Waals surface area (Å²) in [6.45, 7) is 0. The molecule has 1 heterocycles. The van der Waals surface area contributed by atoms with Crippen LogP contribution in [0.3, 0.4) is 0 Å². The van der Waals surface area contributed by atoms with Gasteiger partial charge < -0.3 is 0 Å². The van der Waals surface area contributed by atoms with E-state index in [0.717, 1.165) is 17.9 Å². The zero-order valence-corrected chi connectivity index (χ0v) is 9.76. The molecule has 1 aromatic heterocycles. The highest BCUT2D eigenvalue weighted by molar-refractivity contribution is 5.81. The fourth-order valence-corrected chi connectivity index (χ4v) is 2.43. The number of fused-ring (bicyclic) bond motifs is 1. The fraction of sp³-hybridized carbons (Fsp3) is 0.357. The molecule has 3 heteroatoms. The summed E-state index contributed by atoms with van der Waals surface area (Å²) in [5.74, 6) is 6.40. The average molecular weight is 227 g/mol. The monoisotopic (exact) mass is 227 g/mol. The number of hydrogen-bond acceptors (Lipinski definition) is 3. The summed E-state index contributed by atoms with van der Waals surface area (Å²) in [6.07, 6.45) is 5.48. The van der Waals surface area contributed by atoms with Crippen molar-refractivity contribution in [3.8, 4) is 0 Å². The lowest BCUT2D eigenvalue weighted by atomic mass is 9.99. The van der Waals surface area contributed by atoms with Gasteiger partial charge in [0.05, 0.1) is 5.52 Å².